The molecule has 308 valence electrons. The second-order valence-electron chi connectivity index (χ2n) is 19.9. The number of ether oxygens (including phenoxy) is 4. The van der Waals surface area contributed by atoms with Crippen LogP contribution in [0.4, 0.5) is 0 Å². The number of carbonyl (C=O) groups excluding carboxylic acids is 1. The largest absolute Gasteiger partial charge is 0.432 e. The van der Waals surface area contributed by atoms with Gasteiger partial charge in [-0.3, -0.25) is 4.79 Å². The summed E-state index contributed by atoms with van der Waals surface area (Å²) in [6.07, 6.45) is -4.04. The molecule has 0 aromatic heterocycles. The van der Waals surface area contributed by atoms with Crippen LogP contribution in [0, 0.1) is 50.7 Å². The van der Waals surface area contributed by atoms with Crippen molar-refractivity contribution in [3.8, 4) is 0 Å². The summed E-state index contributed by atoms with van der Waals surface area (Å²) >= 11 is 0. The van der Waals surface area contributed by atoms with Crippen molar-refractivity contribution in [3.63, 3.8) is 0 Å². The fourth-order valence-corrected chi connectivity index (χ4v) is 13.5. The highest BCUT2D eigenvalue weighted by atomic mass is 16.7. The van der Waals surface area contributed by atoms with Crippen molar-refractivity contribution < 1.29 is 64.6 Å². The summed E-state index contributed by atoms with van der Waals surface area (Å²) < 4.78 is 23.7. The summed E-state index contributed by atoms with van der Waals surface area (Å²) in [6, 6.07) is 0. The Morgan fingerprint density at radius 2 is 1.50 bits per heavy atom. The molecule has 0 aromatic rings. The van der Waals surface area contributed by atoms with E-state index in [4.69, 9.17) is 18.9 Å². The highest BCUT2D eigenvalue weighted by Crippen LogP contribution is 2.76. The monoisotopic (exact) mass is 766 g/mol. The van der Waals surface area contributed by atoms with Crippen molar-refractivity contribution in [1.29, 1.82) is 0 Å². The van der Waals surface area contributed by atoms with E-state index >= 15 is 0 Å². The molecule has 13 nitrogen and oxygen atoms in total. The maximum Gasteiger partial charge on any atom is 0.315 e. The number of allylic oxidation sites excluding steroid dienone is 1. The summed E-state index contributed by atoms with van der Waals surface area (Å²) in [5.74, 6) is -0.699. The van der Waals surface area contributed by atoms with Crippen LogP contribution in [0.5, 0.6) is 0 Å². The number of aliphatic hydroxyl groups is 8. The SMILES string of the molecule is C[C@@H]1CC[C@]2(C(=O)O[C@@H]3O[C@H](CO)[C@@H](O)[C@H](O)[C@H]3O)CCC3(C)C(=CCC4[C@@]5(C)CC[C@H](O[C@H]6OC[C@H](O)[C@H](O)[C@H]6O)C(C)(C)[C@@H]5CC[C@]43C)[C@@H]2[C@]1(C)O. The predicted molar refractivity (Wildman–Crippen MR) is 193 cm³/mol. The summed E-state index contributed by atoms with van der Waals surface area (Å²) in [5.41, 5.74) is -2.15. The molecule has 0 radical (unpaired) electrons. The first-order valence-electron chi connectivity index (χ1n) is 20.4. The molecule has 2 aliphatic heterocycles. The molecule has 0 bridgehead atoms. The van der Waals surface area contributed by atoms with Crippen molar-refractivity contribution >= 4 is 5.97 Å². The lowest BCUT2D eigenvalue weighted by atomic mass is 9.33. The summed E-state index contributed by atoms with van der Waals surface area (Å²) in [7, 11) is 0. The van der Waals surface area contributed by atoms with Crippen LogP contribution in [-0.4, -0.2) is 127 Å². The molecule has 2 saturated heterocycles. The Labute approximate surface area is 319 Å². The van der Waals surface area contributed by atoms with Gasteiger partial charge in [-0.1, -0.05) is 53.2 Å². The van der Waals surface area contributed by atoms with Crippen LogP contribution < -0.4 is 0 Å². The molecule has 5 aliphatic carbocycles. The van der Waals surface area contributed by atoms with E-state index in [9.17, 15) is 45.6 Å². The molecule has 19 atom stereocenters. The Morgan fingerprint density at radius 1 is 0.815 bits per heavy atom. The number of carbonyl (C=O) groups is 1. The number of fused-ring (bicyclic) bond motifs is 7. The lowest BCUT2D eigenvalue weighted by molar-refractivity contribution is -0.308. The molecule has 0 amide bonds. The van der Waals surface area contributed by atoms with Crippen molar-refractivity contribution in [2.24, 2.45) is 50.7 Å². The van der Waals surface area contributed by atoms with Gasteiger partial charge in [0, 0.05) is 5.92 Å². The van der Waals surface area contributed by atoms with Gasteiger partial charge in [-0.15, -0.1) is 0 Å². The van der Waals surface area contributed by atoms with Crippen LogP contribution in [0.3, 0.4) is 0 Å². The van der Waals surface area contributed by atoms with Gasteiger partial charge in [-0.25, -0.2) is 0 Å². The van der Waals surface area contributed by atoms with Crippen LogP contribution in [-0.2, 0) is 23.7 Å². The third kappa shape index (κ3) is 5.68. The molecule has 13 heteroatoms. The molecule has 6 fully saturated rings. The molecular formula is C41H66O13. The maximum absolute atomic E-state index is 14.6. The molecule has 0 aromatic carbocycles. The van der Waals surface area contributed by atoms with Crippen LogP contribution in [0.1, 0.15) is 106 Å². The lowest BCUT2D eigenvalue weighted by Crippen LogP contribution is -2.68. The van der Waals surface area contributed by atoms with Crippen molar-refractivity contribution in [2.45, 2.75) is 173 Å². The Kier molecular flexibility index (Phi) is 10.4. The molecule has 4 saturated carbocycles. The van der Waals surface area contributed by atoms with Crippen molar-refractivity contribution in [2.75, 3.05) is 13.2 Å². The Hall–Kier alpha value is -1.23. The van der Waals surface area contributed by atoms with E-state index in [2.05, 4.69) is 40.7 Å². The maximum atomic E-state index is 14.6. The molecule has 7 aliphatic rings. The van der Waals surface area contributed by atoms with Crippen LogP contribution in [0.25, 0.3) is 0 Å². The predicted octanol–water partition coefficient (Wildman–Crippen LogP) is 1.93. The minimum atomic E-state index is -1.72. The first-order chi connectivity index (χ1) is 25.1. The molecular weight excluding hydrogens is 700 g/mol. The normalized spacial score (nSPS) is 55.6. The van der Waals surface area contributed by atoms with Gasteiger partial charge < -0.3 is 59.8 Å². The van der Waals surface area contributed by atoms with E-state index in [1.807, 2.05) is 13.8 Å². The summed E-state index contributed by atoms with van der Waals surface area (Å²) in [6.45, 7) is 14.8. The van der Waals surface area contributed by atoms with Gasteiger partial charge in [0.05, 0.1) is 30.3 Å². The van der Waals surface area contributed by atoms with Gasteiger partial charge in [-0.05, 0) is 104 Å². The van der Waals surface area contributed by atoms with E-state index in [-0.39, 0.29) is 46.2 Å². The molecule has 2 unspecified atom stereocenters. The van der Waals surface area contributed by atoms with Crippen LogP contribution >= 0.6 is 0 Å². The third-order valence-corrected chi connectivity index (χ3v) is 17.2. The fraction of sp³-hybridized carbons (Fsp3) is 0.927. The minimum absolute atomic E-state index is 0.0674. The van der Waals surface area contributed by atoms with E-state index in [1.54, 1.807) is 0 Å². The highest BCUT2D eigenvalue weighted by molar-refractivity contribution is 5.79. The number of hydrogen-bond acceptors (Lipinski definition) is 13. The summed E-state index contributed by atoms with van der Waals surface area (Å²) in [4.78, 5) is 14.6. The molecule has 8 N–H and O–H groups in total. The second-order valence-corrected chi connectivity index (χ2v) is 19.9. The van der Waals surface area contributed by atoms with Gasteiger partial charge in [0.15, 0.2) is 6.29 Å². The smallest absolute Gasteiger partial charge is 0.315 e. The van der Waals surface area contributed by atoms with E-state index in [0.29, 0.717) is 31.6 Å². The van der Waals surface area contributed by atoms with Gasteiger partial charge in [0.1, 0.15) is 42.7 Å². The number of aliphatic hydroxyl groups excluding tert-OH is 7. The molecule has 0 spiro atoms. The number of rotatable bonds is 5. The summed E-state index contributed by atoms with van der Waals surface area (Å²) in [5, 5.41) is 84.8. The van der Waals surface area contributed by atoms with Crippen molar-refractivity contribution in [3.05, 3.63) is 11.6 Å². The second kappa shape index (κ2) is 13.7. The van der Waals surface area contributed by atoms with Gasteiger partial charge in [0.25, 0.3) is 0 Å². The standard InChI is InChI=1S/C41H66O13/c1-20-10-15-41(35(49)54-34-31(48)29(46)28(45)23(18-42)52-34)17-16-38(5)21(32(41)40(20,7)50)8-9-25-37(4)13-12-26(36(2,3)24(37)11-14-39(25,38)6)53-33-30(47)27(44)22(43)19-51-33/h8,20,22-34,42-48,50H,9-19H2,1-7H3/t20-,22+,23-,24+,25?,26+,27+,28-,29+,30-,31-,32-,33-,34+,37+,38?,39-,40-,41+/m1/s1. The van der Waals surface area contributed by atoms with E-state index in [1.165, 1.54) is 0 Å². The lowest BCUT2D eigenvalue weighted by Gasteiger charge is -2.72. The zero-order chi connectivity index (χ0) is 39.6. The molecule has 54 heavy (non-hydrogen) atoms. The Bertz CT molecular complexity index is 1470. The number of esters is 1. The van der Waals surface area contributed by atoms with Crippen molar-refractivity contribution in [1.82, 2.24) is 0 Å². The molecule has 7 rings (SSSR count). The average Bonchev–Trinajstić information content (AvgIpc) is 3.11. The van der Waals surface area contributed by atoms with E-state index in [0.717, 1.165) is 37.7 Å². The quantitative estimate of drug-likeness (QED) is 0.114. The number of hydrogen-bond donors (Lipinski definition) is 8. The Morgan fingerprint density at radius 3 is 2.19 bits per heavy atom. The van der Waals surface area contributed by atoms with Gasteiger partial charge in [-0.2, -0.15) is 0 Å². The highest BCUT2D eigenvalue weighted by Gasteiger charge is 2.72. The minimum Gasteiger partial charge on any atom is -0.432 e. The van der Waals surface area contributed by atoms with Gasteiger partial charge >= 0.3 is 5.97 Å². The zero-order valence-corrected chi connectivity index (χ0v) is 33.1. The third-order valence-electron chi connectivity index (χ3n) is 17.2. The Balaban J connectivity index is 1.19. The average molecular weight is 767 g/mol. The first-order valence-corrected chi connectivity index (χ1v) is 20.4. The topological polar surface area (TPSA) is 216 Å². The fourth-order valence-electron chi connectivity index (χ4n) is 13.5. The van der Waals surface area contributed by atoms with Gasteiger partial charge in [0.2, 0.25) is 6.29 Å². The first kappa shape index (κ1) is 40.9. The van der Waals surface area contributed by atoms with E-state index < -0.39 is 84.8 Å². The van der Waals surface area contributed by atoms with Crippen LogP contribution in [0.15, 0.2) is 11.6 Å². The molecule has 2 heterocycles. The zero-order valence-electron chi connectivity index (χ0n) is 33.1. The van der Waals surface area contributed by atoms with Crippen LogP contribution in [0.2, 0.25) is 0 Å².